The van der Waals surface area contributed by atoms with Gasteiger partial charge in [0.15, 0.2) is 6.29 Å². The van der Waals surface area contributed by atoms with Crippen LogP contribution in [0.3, 0.4) is 0 Å². The van der Waals surface area contributed by atoms with E-state index >= 15 is 0 Å². The van der Waals surface area contributed by atoms with Crippen molar-refractivity contribution in [3.63, 3.8) is 0 Å². The molecule has 1 fully saturated rings. The highest BCUT2D eigenvalue weighted by atomic mass is 31.2. The molecule has 2 aromatic rings. The Kier molecular flexibility index (Phi) is 6.40. The lowest BCUT2D eigenvalue weighted by Gasteiger charge is -2.43. The lowest BCUT2D eigenvalue weighted by atomic mass is 10.2. The molecule has 10 heteroatoms. The van der Waals surface area contributed by atoms with Crippen LogP contribution >= 0.6 is 15.0 Å². The molecule has 8 nitrogen and oxygen atoms in total. The van der Waals surface area contributed by atoms with E-state index in [-0.39, 0.29) is 5.92 Å². The molecular weight excluding hydrogens is 428 g/mol. The Morgan fingerprint density at radius 3 is 2.47 bits per heavy atom. The summed E-state index contributed by atoms with van der Waals surface area (Å²) in [6.45, 7) is 8.87. The summed E-state index contributed by atoms with van der Waals surface area (Å²) in [5, 5.41) is 8.37. The Hall–Kier alpha value is -1.79. The van der Waals surface area contributed by atoms with Crippen LogP contribution in [-0.4, -0.2) is 26.7 Å². The van der Waals surface area contributed by atoms with Gasteiger partial charge in [0.2, 0.25) is 12.5 Å². The van der Waals surface area contributed by atoms with Gasteiger partial charge in [0.1, 0.15) is 5.75 Å². The third kappa shape index (κ3) is 4.45. The Morgan fingerprint density at radius 2 is 1.93 bits per heavy atom. The van der Waals surface area contributed by atoms with Gasteiger partial charge >= 0.3 is 7.60 Å². The number of benzene rings is 1. The molecule has 1 aliphatic rings. The van der Waals surface area contributed by atoms with Gasteiger partial charge in [-0.25, -0.2) is 0 Å². The smallest absolute Gasteiger partial charge is 0.372 e. The van der Waals surface area contributed by atoms with E-state index in [2.05, 4.69) is 11.6 Å². The van der Waals surface area contributed by atoms with Gasteiger partial charge in [0.25, 0.3) is 0 Å². The van der Waals surface area contributed by atoms with Crippen molar-refractivity contribution < 1.29 is 32.9 Å². The zero-order chi connectivity index (χ0) is 22.2. The third-order valence-corrected chi connectivity index (χ3v) is 10.3. The van der Waals surface area contributed by atoms with Gasteiger partial charge < -0.3 is 14.7 Å². The van der Waals surface area contributed by atoms with E-state index in [1.165, 1.54) is 12.4 Å². The van der Waals surface area contributed by atoms with E-state index in [1.54, 1.807) is 36.4 Å². The first-order valence-electron chi connectivity index (χ1n) is 9.30. The zero-order valence-corrected chi connectivity index (χ0v) is 18.8. The number of aromatic nitrogens is 1. The maximum absolute atomic E-state index is 13.2. The number of hydrogen-bond acceptors (Lipinski definition) is 7. The molecule has 1 aromatic carbocycles. The number of hydrogen-bond donors (Lipinski definition) is 2. The highest BCUT2D eigenvalue weighted by molar-refractivity contribution is 7.75. The molecule has 0 bridgehead atoms. The van der Waals surface area contributed by atoms with Gasteiger partial charge in [-0.1, -0.05) is 38.6 Å². The predicted molar refractivity (Wildman–Crippen MR) is 112 cm³/mol. The summed E-state index contributed by atoms with van der Waals surface area (Å²) >= 11 is 0. The van der Waals surface area contributed by atoms with Crippen molar-refractivity contribution in [2.75, 3.05) is 6.66 Å². The topological polar surface area (TPSA) is 115 Å². The van der Waals surface area contributed by atoms with E-state index in [0.29, 0.717) is 22.6 Å². The highest BCUT2D eigenvalue weighted by Crippen LogP contribution is 2.79. The minimum absolute atomic E-state index is 0.137. The molecule has 0 spiro atoms. The fourth-order valence-corrected chi connectivity index (χ4v) is 7.17. The molecule has 4 unspecified atom stereocenters. The van der Waals surface area contributed by atoms with E-state index in [1.807, 2.05) is 13.8 Å². The quantitative estimate of drug-likeness (QED) is 0.480. The number of pyridine rings is 1. The first kappa shape index (κ1) is 22.9. The van der Waals surface area contributed by atoms with Crippen molar-refractivity contribution in [3.8, 4) is 5.75 Å². The third-order valence-electron chi connectivity index (χ3n) is 4.85. The summed E-state index contributed by atoms with van der Waals surface area (Å²) in [6, 6.07) is 9.58. The molecule has 0 amide bonds. The first-order chi connectivity index (χ1) is 14.0. The van der Waals surface area contributed by atoms with Crippen LogP contribution in [0.15, 0.2) is 61.1 Å². The van der Waals surface area contributed by atoms with Crippen LogP contribution < -0.4 is 4.74 Å². The molecule has 1 aliphatic heterocycles. The minimum Gasteiger partial charge on any atom is -0.462 e. The first-order valence-corrected chi connectivity index (χ1v) is 13.0. The second-order valence-electron chi connectivity index (χ2n) is 7.51. The van der Waals surface area contributed by atoms with Crippen LogP contribution in [0, 0.1) is 5.92 Å². The molecule has 162 valence electrons. The van der Waals surface area contributed by atoms with Gasteiger partial charge in [-0.2, -0.15) is 0 Å². The number of ether oxygens (including phenoxy) is 1. The predicted octanol–water partition coefficient (Wildman–Crippen LogP) is 4.66. The van der Waals surface area contributed by atoms with Crippen molar-refractivity contribution >= 4 is 15.0 Å². The monoisotopic (exact) mass is 453 g/mol. The van der Waals surface area contributed by atoms with Crippen molar-refractivity contribution in [2.45, 2.75) is 31.6 Å². The summed E-state index contributed by atoms with van der Waals surface area (Å²) < 4.78 is 42.6. The van der Waals surface area contributed by atoms with Crippen LogP contribution in [0.5, 0.6) is 5.75 Å². The fourth-order valence-electron chi connectivity index (χ4n) is 2.83. The van der Waals surface area contributed by atoms with Crippen molar-refractivity contribution in [3.05, 3.63) is 72.3 Å². The lowest BCUT2D eigenvalue weighted by Crippen LogP contribution is -2.37. The molecule has 2 N–H and O–H groups in total. The fraction of sp³-hybridized carbons (Fsp3) is 0.350. The second kappa shape index (κ2) is 8.39. The minimum atomic E-state index is -4.77. The molecule has 2 heterocycles. The molecule has 0 aliphatic carbocycles. The SMILES string of the molecule is C=C(Oc1ccc(C2OP(C)(=O)C(O)(Cc3cccnc3)P(=O)(O)O2)cc1)C(C)C. The molecule has 1 aromatic heterocycles. The molecule has 0 saturated carbocycles. The van der Waals surface area contributed by atoms with Gasteiger partial charge in [-0.15, -0.1) is 0 Å². The maximum Gasteiger partial charge on any atom is 0.372 e. The second-order valence-corrected chi connectivity index (χ2v) is 12.5. The Bertz CT molecular complexity index is 982. The van der Waals surface area contributed by atoms with Crippen LogP contribution in [0.25, 0.3) is 0 Å². The molecule has 0 radical (unpaired) electrons. The average Bonchev–Trinajstić information content (AvgIpc) is 2.67. The Morgan fingerprint density at radius 1 is 1.27 bits per heavy atom. The summed E-state index contributed by atoms with van der Waals surface area (Å²) in [5.74, 6) is 1.25. The van der Waals surface area contributed by atoms with Gasteiger partial charge in [0.05, 0.1) is 5.76 Å². The number of aliphatic hydroxyl groups is 1. The molecule has 3 rings (SSSR count). The summed E-state index contributed by atoms with van der Waals surface area (Å²) in [4.78, 5) is 14.4. The largest absolute Gasteiger partial charge is 0.462 e. The summed E-state index contributed by atoms with van der Waals surface area (Å²) in [5.41, 5.74) is 0.783. The van der Waals surface area contributed by atoms with E-state index < -0.39 is 32.8 Å². The average molecular weight is 453 g/mol. The van der Waals surface area contributed by atoms with Crippen LogP contribution in [0.2, 0.25) is 0 Å². The molecule has 1 saturated heterocycles. The standard InChI is InChI=1S/C20H25NO7P2/c1-14(2)15(3)26-18-9-7-17(8-10-18)19-27-29(4,23)20(22,30(24,25)28-19)12-16-6-5-11-21-13-16/h5-11,13-14,19,22H,3,12H2,1-2,4H3,(H,24,25). The van der Waals surface area contributed by atoms with Gasteiger partial charge in [0, 0.05) is 37.0 Å². The van der Waals surface area contributed by atoms with E-state index in [0.717, 1.165) is 6.66 Å². The van der Waals surface area contributed by atoms with Crippen molar-refractivity contribution in [1.82, 2.24) is 4.98 Å². The number of allylic oxidation sites excluding steroid dienone is 1. The molecule has 4 atom stereocenters. The highest BCUT2D eigenvalue weighted by Gasteiger charge is 2.64. The maximum atomic E-state index is 13.2. The zero-order valence-electron chi connectivity index (χ0n) is 17.0. The normalized spacial score (nSPS) is 31.5. The van der Waals surface area contributed by atoms with Crippen LogP contribution in [-0.2, 0) is 24.6 Å². The Balaban J connectivity index is 1.84. The summed E-state index contributed by atoms with van der Waals surface area (Å²) in [7, 11) is -8.79. The van der Waals surface area contributed by atoms with Crippen LogP contribution in [0.1, 0.15) is 31.3 Å². The number of rotatable bonds is 6. The van der Waals surface area contributed by atoms with Crippen LogP contribution in [0.4, 0.5) is 0 Å². The number of nitrogens with zero attached hydrogens (tertiary/aromatic N) is 1. The summed E-state index contributed by atoms with van der Waals surface area (Å²) in [6.07, 6.45) is 1.14. The van der Waals surface area contributed by atoms with Gasteiger partial charge in [-0.3, -0.25) is 23.2 Å². The van der Waals surface area contributed by atoms with E-state index in [4.69, 9.17) is 13.8 Å². The van der Waals surface area contributed by atoms with Gasteiger partial charge in [-0.05, 0) is 23.8 Å². The Labute approximate surface area is 175 Å². The van der Waals surface area contributed by atoms with Crippen molar-refractivity contribution in [1.29, 1.82) is 0 Å². The molecule has 30 heavy (non-hydrogen) atoms. The van der Waals surface area contributed by atoms with Crippen molar-refractivity contribution in [2.24, 2.45) is 5.92 Å². The van der Waals surface area contributed by atoms with E-state index in [9.17, 15) is 19.1 Å². The lowest BCUT2D eigenvalue weighted by molar-refractivity contribution is -0.0439. The molecular formula is C20H25NO7P2.